The number of rotatable bonds is 8. The molecule has 0 aliphatic carbocycles. The molecule has 0 spiro atoms. The molecular formula is C9H16BrN3O2. The summed E-state index contributed by atoms with van der Waals surface area (Å²) in [6, 6.07) is -0.100. The van der Waals surface area contributed by atoms with Crippen LogP contribution in [0.4, 0.5) is 0 Å². The summed E-state index contributed by atoms with van der Waals surface area (Å²) in [5, 5.41) is 4.52. The van der Waals surface area contributed by atoms with Gasteiger partial charge in [0, 0.05) is 22.7 Å². The molecule has 1 unspecified atom stereocenters. The van der Waals surface area contributed by atoms with E-state index in [9.17, 15) is 4.79 Å². The van der Waals surface area contributed by atoms with Crippen LogP contribution >= 0.6 is 15.9 Å². The van der Waals surface area contributed by atoms with Gasteiger partial charge in [0.05, 0.1) is 6.61 Å². The van der Waals surface area contributed by atoms with Crippen molar-refractivity contribution in [3.05, 3.63) is 10.4 Å². The summed E-state index contributed by atoms with van der Waals surface area (Å²) in [5.41, 5.74) is 8.34. The van der Waals surface area contributed by atoms with Crippen molar-refractivity contribution in [1.82, 2.24) is 0 Å². The summed E-state index contributed by atoms with van der Waals surface area (Å²) < 4.78 is 4.79. The van der Waals surface area contributed by atoms with Crippen molar-refractivity contribution in [2.75, 3.05) is 11.9 Å². The average Bonchev–Trinajstić information content (AvgIpc) is 2.22. The Morgan fingerprint density at radius 2 is 2.33 bits per heavy atom. The number of hydrogen-bond acceptors (Lipinski definition) is 3. The maximum Gasteiger partial charge on any atom is 0.305 e. The Hall–Kier alpha value is -0.740. The van der Waals surface area contributed by atoms with Gasteiger partial charge >= 0.3 is 5.97 Å². The molecule has 0 amide bonds. The lowest BCUT2D eigenvalue weighted by Gasteiger charge is -2.09. The quantitative estimate of drug-likeness (QED) is 0.225. The molecule has 0 radical (unpaired) electrons. The molecule has 0 aliphatic heterocycles. The minimum atomic E-state index is -0.227. The molecule has 5 nitrogen and oxygen atoms in total. The lowest BCUT2D eigenvalue weighted by atomic mass is 10.1. The number of esters is 1. The first-order chi connectivity index (χ1) is 7.24. The lowest BCUT2D eigenvalue weighted by Crippen LogP contribution is -2.10. The maximum atomic E-state index is 11.1. The summed E-state index contributed by atoms with van der Waals surface area (Å²) in [6.45, 7) is 2.17. The van der Waals surface area contributed by atoms with Crippen molar-refractivity contribution in [3.8, 4) is 0 Å². The van der Waals surface area contributed by atoms with E-state index in [1.54, 1.807) is 6.92 Å². The molecule has 0 bridgehead atoms. The first kappa shape index (κ1) is 14.3. The second-order valence-corrected chi connectivity index (χ2v) is 3.83. The molecule has 0 N–H and O–H groups in total. The molecule has 0 aromatic rings. The third-order valence-corrected chi connectivity index (χ3v) is 2.43. The van der Waals surface area contributed by atoms with Crippen LogP contribution in [0.2, 0.25) is 0 Å². The largest absolute Gasteiger partial charge is 0.466 e. The van der Waals surface area contributed by atoms with Gasteiger partial charge in [-0.15, -0.1) is 0 Å². The van der Waals surface area contributed by atoms with E-state index in [2.05, 4.69) is 26.0 Å². The Morgan fingerprint density at radius 1 is 1.60 bits per heavy atom. The molecule has 0 aromatic carbocycles. The fourth-order valence-corrected chi connectivity index (χ4v) is 1.49. The van der Waals surface area contributed by atoms with Crippen LogP contribution in [0.25, 0.3) is 10.4 Å². The fraction of sp³-hybridized carbons (Fsp3) is 0.889. The Bertz CT molecular complexity index is 229. The van der Waals surface area contributed by atoms with Crippen LogP contribution in [-0.4, -0.2) is 23.9 Å². The zero-order valence-corrected chi connectivity index (χ0v) is 10.4. The maximum absolute atomic E-state index is 11.1. The van der Waals surface area contributed by atoms with Crippen LogP contribution in [0, 0.1) is 0 Å². The van der Waals surface area contributed by atoms with Crippen molar-refractivity contribution >= 4 is 21.9 Å². The monoisotopic (exact) mass is 277 g/mol. The van der Waals surface area contributed by atoms with Gasteiger partial charge in [-0.1, -0.05) is 21.0 Å². The molecule has 0 saturated carbocycles. The summed E-state index contributed by atoms with van der Waals surface area (Å²) in [7, 11) is 0. The number of ether oxygens (including phenoxy) is 1. The third-order valence-electron chi connectivity index (χ3n) is 1.87. The van der Waals surface area contributed by atoms with Gasteiger partial charge in [0.25, 0.3) is 0 Å². The van der Waals surface area contributed by atoms with Crippen molar-refractivity contribution < 1.29 is 9.53 Å². The summed E-state index contributed by atoms with van der Waals surface area (Å²) in [4.78, 5) is 13.8. The smallest absolute Gasteiger partial charge is 0.305 e. The summed E-state index contributed by atoms with van der Waals surface area (Å²) in [6.07, 6.45) is 2.62. The van der Waals surface area contributed by atoms with Crippen LogP contribution in [0.1, 0.15) is 32.6 Å². The van der Waals surface area contributed by atoms with Crippen LogP contribution in [0.15, 0.2) is 5.11 Å². The van der Waals surface area contributed by atoms with Crippen molar-refractivity contribution in [3.63, 3.8) is 0 Å². The zero-order chi connectivity index (χ0) is 11.5. The molecular weight excluding hydrogens is 262 g/mol. The molecule has 0 rings (SSSR count). The highest BCUT2D eigenvalue weighted by atomic mass is 79.9. The minimum absolute atomic E-state index is 0.100. The van der Waals surface area contributed by atoms with Gasteiger partial charge in [0.15, 0.2) is 0 Å². The van der Waals surface area contributed by atoms with E-state index < -0.39 is 0 Å². The minimum Gasteiger partial charge on any atom is -0.466 e. The van der Waals surface area contributed by atoms with E-state index in [0.717, 1.165) is 18.2 Å². The Kier molecular flexibility index (Phi) is 9.32. The lowest BCUT2D eigenvalue weighted by molar-refractivity contribution is -0.143. The molecule has 0 aromatic heterocycles. The van der Waals surface area contributed by atoms with E-state index >= 15 is 0 Å². The van der Waals surface area contributed by atoms with Crippen LogP contribution in [-0.2, 0) is 9.53 Å². The number of alkyl halides is 1. The first-order valence-corrected chi connectivity index (χ1v) is 6.12. The number of hydrogen-bond donors (Lipinski definition) is 0. The number of carbonyl (C=O) groups excluding carboxylic acids is 1. The van der Waals surface area contributed by atoms with E-state index in [1.807, 2.05) is 0 Å². The molecule has 0 saturated heterocycles. The zero-order valence-electron chi connectivity index (χ0n) is 8.86. The SMILES string of the molecule is CCOC(=O)CCC(CCCBr)N=[N+]=[N-]. The predicted molar refractivity (Wildman–Crippen MR) is 61.8 cm³/mol. The second kappa shape index (κ2) is 9.80. The normalized spacial score (nSPS) is 11.6. The number of halogens is 1. The topological polar surface area (TPSA) is 75.1 Å². The first-order valence-electron chi connectivity index (χ1n) is 5.00. The van der Waals surface area contributed by atoms with Crippen molar-refractivity contribution in [1.29, 1.82) is 0 Å². The average molecular weight is 278 g/mol. The molecule has 0 aliphatic rings. The van der Waals surface area contributed by atoms with E-state index in [1.165, 1.54) is 0 Å². The Labute approximate surface area is 97.9 Å². The molecule has 1 atom stereocenters. The summed E-state index contributed by atoms with van der Waals surface area (Å²) in [5.74, 6) is -0.227. The summed E-state index contributed by atoms with van der Waals surface area (Å²) >= 11 is 3.31. The number of nitrogens with zero attached hydrogens (tertiary/aromatic N) is 3. The van der Waals surface area contributed by atoms with Gasteiger partial charge in [-0.05, 0) is 31.7 Å². The third kappa shape index (κ3) is 8.27. The van der Waals surface area contributed by atoms with Gasteiger partial charge < -0.3 is 4.74 Å². The van der Waals surface area contributed by atoms with Crippen molar-refractivity contribution in [2.45, 2.75) is 38.6 Å². The van der Waals surface area contributed by atoms with E-state index in [-0.39, 0.29) is 12.0 Å². The van der Waals surface area contributed by atoms with Crippen LogP contribution in [0.5, 0.6) is 0 Å². The second-order valence-electron chi connectivity index (χ2n) is 3.03. The van der Waals surface area contributed by atoms with Gasteiger partial charge in [0.2, 0.25) is 0 Å². The highest BCUT2D eigenvalue weighted by Gasteiger charge is 2.09. The molecule has 15 heavy (non-hydrogen) atoms. The number of azide groups is 1. The molecule has 0 heterocycles. The Morgan fingerprint density at radius 3 is 2.87 bits per heavy atom. The standard InChI is InChI=1S/C9H16BrN3O2/c1-2-15-9(14)6-5-8(12-13-11)4-3-7-10/h8H,2-7H2,1H3. The highest BCUT2D eigenvalue weighted by molar-refractivity contribution is 9.09. The highest BCUT2D eigenvalue weighted by Crippen LogP contribution is 2.11. The predicted octanol–water partition coefficient (Wildman–Crippen LogP) is 3.18. The molecule has 6 heteroatoms. The molecule has 0 fully saturated rings. The van der Waals surface area contributed by atoms with E-state index in [0.29, 0.717) is 19.4 Å². The van der Waals surface area contributed by atoms with Gasteiger partial charge in [-0.25, -0.2) is 0 Å². The van der Waals surface area contributed by atoms with Crippen LogP contribution < -0.4 is 0 Å². The number of carbonyl (C=O) groups is 1. The van der Waals surface area contributed by atoms with Gasteiger partial charge in [-0.3, -0.25) is 4.79 Å². The molecule has 86 valence electrons. The van der Waals surface area contributed by atoms with Gasteiger partial charge in [-0.2, -0.15) is 0 Å². The fourth-order valence-electron chi connectivity index (χ4n) is 1.16. The van der Waals surface area contributed by atoms with E-state index in [4.69, 9.17) is 10.3 Å². The Balaban J connectivity index is 3.84. The van der Waals surface area contributed by atoms with Crippen LogP contribution in [0.3, 0.4) is 0 Å². The van der Waals surface area contributed by atoms with Crippen molar-refractivity contribution in [2.24, 2.45) is 5.11 Å². The van der Waals surface area contributed by atoms with Gasteiger partial charge in [0.1, 0.15) is 0 Å².